The van der Waals surface area contributed by atoms with Crippen molar-refractivity contribution in [2.75, 3.05) is 19.7 Å². The number of carbonyl (C=O) groups is 2. The molecule has 1 atom stereocenters. The number of carboxylic acids is 1. The summed E-state index contributed by atoms with van der Waals surface area (Å²) in [6, 6.07) is 0. The summed E-state index contributed by atoms with van der Waals surface area (Å²) < 4.78 is 41.5. The van der Waals surface area contributed by atoms with E-state index in [1.54, 1.807) is 0 Å². The van der Waals surface area contributed by atoms with Gasteiger partial charge in [-0.05, 0) is 6.42 Å². The summed E-state index contributed by atoms with van der Waals surface area (Å²) in [6.45, 7) is -0.348. The zero-order valence-corrected chi connectivity index (χ0v) is 8.87. The predicted molar refractivity (Wildman–Crippen MR) is 49.2 cm³/mol. The second kappa shape index (κ2) is 5.35. The van der Waals surface area contributed by atoms with Gasteiger partial charge >= 0.3 is 18.1 Å². The summed E-state index contributed by atoms with van der Waals surface area (Å²) in [4.78, 5) is 21.9. The molecular formula is C9H12F3NO4. The van der Waals surface area contributed by atoms with Crippen LogP contribution in [0.25, 0.3) is 0 Å². The number of nitrogens with zero attached hydrogens (tertiary/aromatic N) is 1. The third-order valence-corrected chi connectivity index (χ3v) is 2.35. The number of morpholine rings is 1. The van der Waals surface area contributed by atoms with Crippen molar-refractivity contribution in [1.82, 2.24) is 4.90 Å². The van der Waals surface area contributed by atoms with Gasteiger partial charge in [0.1, 0.15) is 0 Å². The topological polar surface area (TPSA) is 66.8 Å². The Kier molecular flexibility index (Phi) is 4.33. The highest BCUT2D eigenvalue weighted by Gasteiger charge is 2.43. The Morgan fingerprint density at radius 3 is 2.59 bits per heavy atom. The SMILES string of the molecule is O=C(O)CCC1CN(C(=O)C(F)(F)F)CCO1. The minimum absolute atomic E-state index is 0.00783. The Balaban J connectivity index is 2.49. The van der Waals surface area contributed by atoms with Crippen molar-refractivity contribution in [3.8, 4) is 0 Å². The summed E-state index contributed by atoms with van der Waals surface area (Å²) in [7, 11) is 0. The van der Waals surface area contributed by atoms with Crippen molar-refractivity contribution in [2.45, 2.75) is 25.1 Å². The molecule has 0 bridgehead atoms. The molecule has 1 unspecified atom stereocenters. The number of amides is 1. The number of hydrogen-bond acceptors (Lipinski definition) is 3. The van der Waals surface area contributed by atoms with Crippen LogP contribution in [-0.2, 0) is 14.3 Å². The monoisotopic (exact) mass is 255 g/mol. The van der Waals surface area contributed by atoms with Gasteiger partial charge in [0.2, 0.25) is 0 Å². The maximum atomic E-state index is 12.1. The van der Waals surface area contributed by atoms with E-state index in [0.717, 1.165) is 0 Å². The molecule has 0 aromatic rings. The Hall–Kier alpha value is -1.31. The van der Waals surface area contributed by atoms with E-state index in [0.29, 0.717) is 4.90 Å². The van der Waals surface area contributed by atoms with Crippen molar-refractivity contribution in [2.24, 2.45) is 0 Å². The minimum atomic E-state index is -4.89. The lowest BCUT2D eigenvalue weighted by molar-refractivity contribution is -0.191. The van der Waals surface area contributed by atoms with Crippen LogP contribution in [0.5, 0.6) is 0 Å². The number of rotatable bonds is 3. The van der Waals surface area contributed by atoms with Crippen molar-refractivity contribution in [1.29, 1.82) is 0 Å². The van der Waals surface area contributed by atoms with Gasteiger partial charge in [-0.1, -0.05) is 0 Å². The number of aliphatic carboxylic acids is 1. The standard InChI is InChI=1S/C9H12F3NO4/c10-9(11,12)8(16)13-3-4-17-6(5-13)1-2-7(14)15/h6H,1-5H2,(H,14,15). The Morgan fingerprint density at radius 1 is 1.41 bits per heavy atom. The quantitative estimate of drug-likeness (QED) is 0.803. The molecule has 0 saturated carbocycles. The molecule has 17 heavy (non-hydrogen) atoms. The summed E-state index contributed by atoms with van der Waals surface area (Å²) in [5.41, 5.74) is 0. The number of carbonyl (C=O) groups excluding carboxylic acids is 1. The third-order valence-electron chi connectivity index (χ3n) is 2.35. The Morgan fingerprint density at radius 2 is 2.06 bits per heavy atom. The van der Waals surface area contributed by atoms with Crippen molar-refractivity contribution in [3.05, 3.63) is 0 Å². The van der Waals surface area contributed by atoms with E-state index >= 15 is 0 Å². The highest BCUT2D eigenvalue weighted by Crippen LogP contribution is 2.21. The molecule has 0 aromatic heterocycles. The zero-order valence-electron chi connectivity index (χ0n) is 8.87. The summed E-state index contributed by atoms with van der Waals surface area (Å²) in [5, 5.41) is 8.43. The van der Waals surface area contributed by atoms with Gasteiger partial charge in [-0.2, -0.15) is 13.2 Å². The fourth-order valence-corrected chi connectivity index (χ4v) is 1.54. The maximum absolute atomic E-state index is 12.1. The molecule has 98 valence electrons. The van der Waals surface area contributed by atoms with Gasteiger partial charge < -0.3 is 14.7 Å². The van der Waals surface area contributed by atoms with Crippen LogP contribution in [0.1, 0.15) is 12.8 Å². The molecule has 1 aliphatic heterocycles. The van der Waals surface area contributed by atoms with E-state index in [1.807, 2.05) is 0 Å². The maximum Gasteiger partial charge on any atom is 0.471 e. The first-order chi connectivity index (χ1) is 7.80. The number of alkyl halides is 3. The van der Waals surface area contributed by atoms with Crippen LogP contribution in [0.2, 0.25) is 0 Å². The lowest BCUT2D eigenvalue weighted by Gasteiger charge is -2.33. The number of hydrogen-bond donors (Lipinski definition) is 1. The molecule has 1 fully saturated rings. The Labute approximate surface area is 95.1 Å². The third kappa shape index (κ3) is 4.22. The van der Waals surface area contributed by atoms with Crippen LogP contribution in [-0.4, -0.2) is 53.9 Å². The van der Waals surface area contributed by atoms with Crippen LogP contribution < -0.4 is 0 Å². The van der Waals surface area contributed by atoms with E-state index in [4.69, 9.17) is 9.84 Å². The fraction of sp³-hybridized carbons (Fsp3) is 0.778. The van der Waals surface area contributed by atoms with Gasteiger partial charge in [0.15, 0.2) is 0 Å². The van der Waals surface area contributed by atoms with E-state index < -0.39 is 24.2 Å². The molecule has 0 spiro atoms. The highest BCUT2D eigenvalue weighted by molar-refractivity contribution is 5.82. The van der Waals surface area contributed by atoms with Crippen LogP contribution in [0.15, 0.2) is 0 Å². The molecule has 1 N–H and O–H groups in total. The van der Waals surface area contributed by atoms with Crippen LogP contribution in [0.3, 0.4) is 0 Å². The predicted octanol–water partition coefficient (Wildman–Crippen LogP) is 0.641. The van der Waals surface area contributed by atoms with Crippen molar-refractivity contribution in [3.63, 3.8) is 0 Å². The van der Waals surface area contributed by atoms with Gasteiger partial charge in [-0.25, -0.2) is 0 Å². The van der Waals surface area contributed by atoms with Crippen LogP contribution >= 0.6 is 0 Å². The lowest BCUT2D eigenvalue weighted by atomic mass is 10.1. The molecular weight excluding hydrogens is 243 g/mol. The molecule has 0 aliphatic carbocycles. The van der Waals surface area contributed by atoms with E-state index in [1.165, 1.54) is 0 Å². The van der Waals surface area contributed by atoms with Gasteiger partial charge in [-0.15, -0.1) is 0 Å². The molecule has 1 heterocycles. The summed E-state index contributed by atoms with van der Waals surface area (Å²) in [5.74, 6) is -2.95. The van der Waals surface area contributed by atoms with E-state index in [9.17, 15) is 22.8 Å². The first kappa shape index (κ1) is 13.8. The average Bonchev–Trinajstić information content (AvgIpc) is 2.24. The van der Waals surface area contributed by atoms with Crippen molar-refractivity contribution < 1.29 is 32.6 Å². The minimum Gasteiger partial charge on any atom is -0.481 e. The first-order valence-electron chi connectivity index (χ1n) is 5.00. The number of halogens is 3. The fourth-order valence-electron chi connectivity index (χ4n) is 1.54. The molecule has 1 saturated heterocycles. The first-order valence-corrected chi connectivity index (χ1v) is 5.00. The smallest absolute Gasteiger partial charge is 0.471 e. The number of ether oxygens (including phenoxy) is 1. The summed E-state index contributed by atoms with van der Waals surface area (Å²) >= 11 is 0. The van der Waals surface area contributed by atoms with Crippen LogP contribution in [0, 0.1) is 0 Å². The molecule has 5 nitrogen and oxygen atoms in total. The molecule has 1 aliphatic rings. The van der Waals surface area contributed by atoms with Crippen molar-refractivity contribution >= 4 is 11.9 Å². The van der Waals surface area contributed by atoms with E-state index in [-0.39, 0.29) is 32.5 Å². The molecule has 0 radical (unpaired) electrons. The lowest BCUT2D eigenvalue weighted by Crippen LogP contribution is -2.50. The van der Waals surface area contributed by atoms with Gasteiger partial charge in [-0.3, -0.25) is 9.59 Å². The number of carboxylic acid groups (broad SMARTS) is 1. The molecule has 8 heteroatoms. The van der Waals surface area contributed by atoms with Gasteiger partial charge in [0.05, 0.1) is 12.7 Å². The second-order valence-corrected chi connectivity index (χ2v) is 3.67. The highest BCUT2D eigenvalue weighted by atomic mass is 19.4. The molecule has 1 rings (SSSR count). The van der Waals surface area contributed by atoms with Crippen LogP contribution in [0.4, 0.5) is 13.2 Å². The zero-order chi connectivity index (χ0) is 13.1. The second-order valence-electron chi connectivity index (χ2n) is 3.67. The largest absolute Gasteiger partial charge is 0.481 e. The molecule has 1 amide bonds. The summed E-state index contributed by atoms with van der Waals surface area (Å²) in [6.07, 6.45) is -5.64. The van der Waals surface area contributed by atoms with E-state index in [2.05, 4.69) is 0 Å². The normalized spacial score (nSPS) is 21.4. The Bertz CT molecular complexity index is 305. The molecule has 0 aromatic carbocycles. The average molecular weight is 255 g/mol. The van der Waals surface area contributed by atoms with Gasteiger partial charge in [0.25, 0.3) is 0 Å². The van der Waals surface area contributed by atoms with Gasteiger partial charge in [0, 0.05) is 19.5 Å².